The summed E-state index contributed by atoms with van der Waals surface area (Å²) < 4.78 is 10.5. The highest BCUT2D eigenvalue weighted by molar-refractivity contribution is 6.30. The third-order valence-electron chi connectivity index (χ3n) is 1.99. The van der Waals surface area contributed by atoms with Gasteiger partial charge in [-0.1, -0.05) is 11.6 Å². The number of aromatic nitrogens is 2. The molecule has 15 heavy (non-hydrogen) atoms. The molecular formula is C9H8ClN3O2. The van der Waals surface area contributed by atoms with Gasteiger partial charge in [0.1, 0.15) is 11.6 Å². The van der Waals surface area contributed by atoms with Crippen LogP contribution in [0.3, 0.4) is 0 Å². The quantitative estimate of drug-likeness (QED) is 0.707. The van der Waals surface area contributed by atoms with Crippen LogP contribution in [0, 0.1) is 11.3 Å². The van der Waals surface area contributed by atoms with Gasteiger partial charge in [0.15, 0.2) is 10.8 Å². The third kappa shape index (κ3) is 2.01. The van der Waals surface area contributed by atoms with Crippen LogP contribution in [0.5, 0.6) is 6.01 Å². The van der Waals surface area contributed by atoms with Crippen LogP contribution in [0.25, 0.3) is 0 Å². The van der Waals surface area contributed by atoms with Gasteiger partial charge >= 0.3 is 6.01 Å². The first-order chi connectivity index (χ1) is 7.13. The Kier molecular flexibility index (Phi) is 2.47. The number of halogens is 1. The van der Waals surface area contributed by atoms with Crippen molar-refractivity contribution in [1.82, 2.24) is 9.97 Å². The summed E-state index contributed by atoms with van der Waals surface area (Å²) in [6, 6.07) is 2.05. The highest BCUT2D eigenvalue weighted by atomic mass is 35.5. The number of rotatable bonds is 2. The maximum Gasteiger partial charge on any atom is 0.318 e. The summed E-state index contributed by atoms with van der Waals surface area (Å²) in [4.78, 5) is 7.75. The Bertz CT molecular complexity index is 426. The van der Waals surface area contributed by atoms with Gasteiger partial charge < -0.3 is 9.47 Å². The molecule has 1 fully saturated rings. The molecule has 78 valence electrons. The van der Waals surface area contributed by atoms with Crippen LogP contribution in [0.4, 0.5) is 0 Å². The van der Waals surface area contributed by atoms with E-state index in [0.717, 1.165) is 0 Å². The second kappa shape index (κ2) is 3.65. The molecule has 1 aromatic rings. The fraction of sp³-hybridized carbons (Fsp3) is 0.444. The molecule has 1 aliphatic rings. The standard InChI is InChI=1S/C9H8ClN3O2/c1-9(4-14-5-9)15-8-12-3-6(2-11)7(10)13-8/h3H,4-5H2,1H3. The van der Waals surface area contributed by atoms with E-state index in [0.29, 0.717) is 13.2 Å². The summed E-state index contributed by atoms with van der Waals surface area (Å²) >= 11 is 5.73. The predicted molar refractivity (Wildman–Crippen MR) is 51.6 cm³/mol. The number of hydrogen-bond donors (Lipinski definition) is 0. The van der Waals surface area contributed by atoms with E-state index in [9.17, 15) is 0 Å². The van der Waals surface area contributed by atoms with Crippen LogP contribution in [0.1, 0.15) is 12.5 Å². The Labute approximate surface area is 91.6 Å². The fourth-order valence-corrected chi connectivity index (χ4v) is 1.30. The van der Waals surface area contributed by atoms with E-state index in [4.69, 9.17) is 26.3 Å². The van der Waals surface area contributed by atoms with Gasteiger partial charge in [-0.2, -0.15) is 10.2 Å². The first kappa shape index (κ1) is 10.1. The Hall–Kier alpha value is -1.38. The summed E-state index contributed by atoms with van der Waals surface area (Å²) in [6.07, 6.45) is 1.34. The number of nitriles is 1. The predicted octanol–water partition coefficient (Wildman–Crippen LogP) is 1.17. The molecule has 0 aromatic carbocycles. The Morgan fingerprint density at radius 1 is 1.67 bits per heavy atom. The van der Waals surface area contributed by atoms with Crippen molar-refractivity contribution in [3.63, 3.8) is 0 Å². The minimum atomic E-state index is -0.377. The molecule has 1 aromatic heterocycles. The normalized spacial score (nSPS) is 17.7. The number of hydrogen-bond acceptors (Lipinski definition) is 5. The van der Waals surface area contributed by atoms with Crippen molar-refractivity contribution in [3.8, 4) is 12.1 Å². The van der Waals surface area contributed by atoms with Gasteiger partial charge in [-0.15, -0.1) is 0 Å². The summed E-state index contributed by atoms with van der Waals surface area (Å²) in [5, 5.41) is 8.73. The van der Waals surface area contributed by atoms with Gasteiger partial charge in [0.25, 0.3) is 0 Å². The lowest BCUT2D eigenvalue weighted by molar-refractivity contribution is -0.153. The SMILES string of the molecule is CC1(Oc2ncc(C#N)c(Cl)n2)COC1. The van der Waals surface area contributed by atoms with E-state index in [2.05, 4.69) is 9.97 Å². The summed E-state index contributed by atoms with van der Waals surface area (Å²) in [6.45, 7) is 2.91. The fourth-order valence-electron chi connectivity index (χ4n) is 1.14. The van der Waals surface area contributed by atoms with Gasteiger partial charge in [-0.25, -0.2) is 4.98 Å². The molecular weight excluding hydrogens is 218 g/mol. The largest absolute Gasteiger partial charge is 0.452 e. The smallest absolute Gasteiger partial charge is 0.318 e. The van der Waals surface area contributed by atoms with E-state index >= 15 is 0 Å². The molecule has 0 unspecified atom stereocenters. The molecule has 6 heteroatoms. The lowest BCUT2D eigenvalue weighted by Gasteiger charge is -2.36. The minimum Gasteiger partial charge on any atom is -0.452 e. The molecule has 0 spiro atoms. The van der Waals surface area contributed by atoms with Crippen molar-refractivity contribution in [2.24, 2.45) is 0 Å². The zero-order valence-electron chi connectivity index (χ0n) is 8.03. The van der Waals surface area contributed by atoms with E-state index in [1.165, 1.54) is 6.20 Å². The van der Waals surface area contributed by atoms with Crippen molar-refractivity contribution >= 4 is 11.6 Å². The van der Waals surface area contributed by atoms with Crippen molar-refractivity contribution in [3.05, 3.63) is 16.9 Å². The summed E-state index contributed by atoms with van der Waals surface area (Å²) in [5.74, 6) is 0. The molecule has 0 N–H and O–H groups in total. The molecule has 0 radical (unpaired) electrons. The van der Waals surface area contributed by atoms with E-state index in [1.807, 2.05) is 13.0 Å². The highest BCUT2D eigenvalue weighted by Gasteiger charge is 2.36. The van der Waals surface area contributed by atoms with Gasteiger partial charge in [-0.05, 0) is 6.92 Å². The van der Waals surface area contributed by atoms with E-state index in [1.54, 1.807) is 0 Å². The van der Waals surface area contributed by atoms with E-state index in [-0.39, 0.29) is 22.3 Å². The zero-order chi connectivity index (χ0) is 10.9. The Morgan fingerprint density at radius 2 is 2.40 bits per heavy atom. The molecule has 0 saturated carbocycles. The molecule has 0 amide bonds. The van der Waals surface area contributed by atoms with Crippen LogP contribution in [-0.4, -0.2) is 28.8 Å². The molecule has 0 bridgehead atoms. The molecule has 0 atom stereocenters. The maximum atomic E-state index is 8.62. The maximum absolute atomic E-state index is 8.62. The lowest BCUT2D eigenvalue weighted by atomic mass is 10.1. The Morgan fingerprint density at radius 3 is 2.87 bits per heavy atom. The topological polar surface area (TPSA) is 68.0 Å². The number of nitrogens with zero attached hydrogens (tertiary/aromatic N) is 3. The molecule has 5 nitrogen and oxygen atoms in total. The van der Waals surface area contributed by atoms with Crippen molar-refractivity contribution in [1.29, 1.82) is 5.26 Å². The second-order valence-electron chi connectivity index (χ2n) is 3.51. The Balaban J connectivity index is 2.17. The minimum absolute atomic E-state index is 0.103. The van der Waals surface area contributed by atoms with Crippen molar-refractivity contribution < 1.29 is 9.47 Å². The first-order valence-corrected chi connectivity index (χ1v) is 4.70. The van der Waals surface area contributed by atoms with Crippen LogP contribution >= 0.6 is 11.6 Å². The van der Waals surface area contributed by atoms with Crippen LogP contribution in [0.15, 0.2) is 6.20 Å². The van der Waals surface area contributed by atoms with Gasteiger partial charge in [0.05, 0.1) is 19.4 Å². The molecule has 0 aliphatic carbocycles. The molecule has 1 saturated heterocycles. The van der Waals surface area contributed by atoms with Gasteiger partial charge in [-0.3, -0.25) is 0 Å². The van der Waals surface area contributed by atoms with E-state index < -0.39 is 0 Å². The first-order valence-electron chi connectivity index (χ1n) is 4.32. The summed E-state index contributed by atoms with van der Waals surface area (Å²) in [5.41, 5.74) is -0.142. The average molecular weight is 226 g/mol. The summed E-state index contributed by atoms with van der Waals surface area (Å²) in [7, 11) is 0. The average Bonchev–Trinajstić information content (AvgIpc) is 2.16. The lowest BCUT2D eigenvalue weighted by Crippen LogP contribution is -2.52. The van der Waals surface area contributed by atoms with Gasteiger partial charge in [0.2, 0.25) is 0 Å². The van der Waals surface area contributed by atoms with Crippen molar-refractivity contribution in [2.45, 2.75) is 12.5 Å². The molecule has 2 rings (SSSR count). The number of ether oxygens (including phenoxy) is 2. The zero-order valence-corrected chi connectivity index (χ0v) is 8.78. The molecule has 1 aliphatic heterocycles. The van der Waals surface area contributed by atoms with Crippen LogP contribution in [0.2, 0.25) is 5.15 Å². The second-order valence-corrected chi connectivity index (χ2v) is 3.87. The van der Waals surface area contributed by atoms with Crippen LogP contribution < -0.4 is 4.74 Å². The third-order valence-corrected chi connectivity index (χ3v) is 2.28. The monoisotopic (exact) mass is 225 g/mol. The molecule has 2 heterocycles. The van der Waals surface area contributed by atoms with Crippen molar-refractivity contribution in [2.75, 3.05) is 13.2 Å². The van der Waals surface area contributed by atoms with Crippen LogP contribution in [-0.2, 0) is 4.74 Å². The highest BCUT2D eigenvalue weighted by Crippen LogP contribution is 2.23. The van der Waals surface area contributed by atoms with Gasteiger partial charge in [0, 0.05) is 0 Å².